The number of hydrogen-bond donors (Lipinski definition) is 1. The molecule has 2 heterocycles. The Labute approximate surface area is 279 Å². The molecule has 1 saturated heterocycles. The van der Waals surface area contributed by atoms with Gasteiger partial charge in [0, 0.05) is 31.9 Å². The number of hydrogen-bond acceptors (Lipinski definition) is 18. The van der Waals surface area contributed by atoms with Crippen molar-refractivity contribution in [2.75, 3.05) is 93.9 Å². The number of aromatic amines is 1. The molecule has 0 unspecified atom stereocenters. The van der Waals surface area contributed by atoms with Crippen LogP contribution in [0, 0.1) is 11.3 Å². The van der Waals surface area contributed by atoms with E-state index in [0.29, 0.717) is 19.5 Å². The van der Waals surface area contributed by atoms with Gasteiger partial charge in [-0.05, 0) is 0 Å². The van der Waals surface area contributed by atoms with Crippen LogP contribution in [-0.2, 0) is 65.6 Å². The predicted molar refractivity (Wildman–Crippen MR) is 159 cm³/mol. The maximum atomic E-state index is 14.8. The first-order valence-electron chi connectivity index (χ1n) is 14.6. The normalized spacial score (nSPS) is 20.1. The summed E-state index contributed by atoms with van der Waals surface area (Å²) in [5.74, 6) is -1.34. The van der Waals surface area contributed by atoms with Gasteiger partial charge in [-0.25, -0.2) is 32.4 Å². The number of H-pyrrole nitrogens is 1. The zero-order valence-electron chi connectivity index (χ0n) is 27.5. The quantitative estimate of drug-likeness (QED) is 0.0519. The van der Waals surface area contributed by atoms with E-state index in [9.17, 15) is 32.9 Å². The molecule has 0 spiro atoms. The van der Waals surface area contributed by atoms with E-state index >= 15 is 0 Å². The Morgan fingerprint density at radius 1 is 0.898 bits per heavy atom. The van der Waals surface area contributed by atoms with Gasteiger partial charge in [0.15, 0.2) is 0 Å². The first kappa shape index (κ1) is 41.9. The summed E-state index contributed by atoms with van der Waals surface area (Å²) in [5, 5.41) is 0. The Hall–Kier alpha value is -3.27. The van der Waals surface area contributed by atoms with Crippen molar-refractivity contribution in [1.29, 1.82) is 0 Å². The van der Waals surface area contributed by atoms with Crippen LogP contribution < -0.4 is 11.2 Å². The Balaban J connectivity index is 2.12. The third-order valence-corrected chi connectivity index (χ3v) is 8.11. The van der Waals surface area contributed by atoms with Crippen LogP contribution in [0.2, 0.25) is 0 Å². The van der Waals surface area contributed by atoms with Crippen LogP contribution in [0.1, 0.15) is 20.1 Å². The van der Waals surface area contributed by atoms with Crippen LogP contribution in [0.3, 0.4) is 0 Å². The lowest BCUT2D eigenvalue weighted by Crippen LogP contribution is -2.46. The van der Waals surface area contributed by atoms with E-state index in [0.717, 1.165) is 16.8 Å². The van der Waals surface area contributed by atoms with E-state index < -0.39 is 81.4 Å². The fraction of sp³-hybridized carbons (Fsp3) is 0.741. The summed E-state index contributed by atoms with van der Waals surface area (Å²) in [6, 6.07) is 1.03. The number of nitrogens with one attached hydrogen (secondary N) is 1. The standard InChI is InChI=1S/C27H42FN2O18P/c1-26(2)20(15-31)27(16-28,48-22(26)30-6-5-21(32)29-23(30)33)17-45-49(36,46-18-43-24(34)41-13-11-39-9-7-37-3)47-19-44-25(35)42-14-12-40-10-8-38-4/h5-6,15,20,22H,7-14,16-19H2,1-4H3,(H,29,32,33)/t20-,22+,27+/m0/s1. The summed E-state index contributed by atoms with van der Waals surface area (Å²) < 4.78 is 89.4. The fourth-order valence-corrected chi connectivity index (χ4v) is 5.36. The minimum absolute atomic E-state index is 0.0164. The second-order valence-corrected chi connectivity index (χ2v) is 12.2. The molecule has 1 aliphatic rings. The van der Waals surface area contributed by atoms with E-state index in [1.54, 1.807) is 0 Å². The highest BCUT2D eigenvalue weighted by molar-refractivity contribution is 7.48. The average molecular weight is 733 g/mol. The zero-order chi connectivity index (χ0) is 36.3. The molecule has 1 N–H and O–H groups in total. The van der Waals surface area contributed by atoms with Gasteiger partial charge in [0.05, 0.1) is 52.2 Å². The number of phosphoric acid groups is 1. The smallest absolute Gasteiger partial charge is 0.432 e. The van der Waals surface area contributed by atoms with Crippen molar-refractivity contribution in [1.82, 2.24) is 9.55 Å². The Bertz CT molecular complexity index is 1300. The molecule has 0 amide bonds. The van der Waals surface area contributed by atoms with Crippen molar-refractivity contribution in [3.05, 3.63) is 33.1 Å². The average Bonchev–Trinajstić information content (AvgIpc) is 3.29. The number of alkyl halides is 1. The molecule has 20 nitrogen and oxygen atoms in total. The summed E-state index contributed by atoms with van der Waals surface area (Å²) in [7, 11) is -1.97. The fourth-order valence-electron chi connectivity index (χ4n) is 4.40. The van der Waals surface area contributed by atoms with Crippen LogP contribution in [0.4, 0.5) is 14.0 Å². The number of aldehydes is 1. The highest BCUT2D eigenvalue weighted by Gasteiger charge is 2.61. The van der Waals surface area contributed by atoms with Crippen molar-refractivity contribution >= 4 is 26.4 Å². The first-order chi connectivity index (χ1) is 23.4. The lowest BCUT2D eigenvalue weighted by molar-refractivity contribution is -0.137. The lowest BCUT2D eigenvalue weighted by Gasteiger charge is -2.32. The van der Waals surface area contributed by atoms with Crippen molar-refractivity contribution < 1.29 is 79.5 Å². The molecule has 0 aromatic carbocycles. The third-order valence-electron chi connectivity index (χ3n) is 6.82. The molecule has 2 rings (SSSR count). The molecule has 280 valence electrons. The Kier molecular flexibility index (Phi) is 18.0. The molecule has 0 aliphatic carbocycles. The summed E-state index contributed by atoms with van der Waals surface area (Å²) in [4.78, 5) is 62.3. The van der Waals surface area contributed by atoms with Crippen LogP contribution >= 0.6 is 7.82 Å². The number of carbonyl (C=O) groups excluding carboxylic acids is 3. The first-order valence-corrected chi connectivity index (χ1v) is 16.1. The summed E-state index contributed by atoms with van der Waals surface area (Å²) >= 11 is 0. The number of halogens is 1. The molecule has 0 bridgehead atoms. The topological polar surface area (TPSA) is 234 Å². The molecule has 0 saturated carbocycles. The molecule has 3 atom stereocenters. The second kappa shape index (κ2) is 21.1. The van der Waals surface area contributed by atoms with Gasteiger partial charge in [0.25, 0.3) is 5.56 Å². The molecule has 0 radical (unpaired) electrons. The molecule has 1 fully saturated rings. The molecule has 49 heavy (non-hydrogen) atoms. The van der Waals surface area contributed by atoms with Gasteiger partial charge in [-0.1, -0.05) is 13.8 Å². The maximum Gasteiger partial charge on any atom is 0.510 e. The predicted octanol–water partition coefficient (Wildman–Crippen LogP) is 1.32. The Morgan fingerprint density at radius 3 is 1.90 bits per heavy atom. The van der Waals surface area contributed by atoms with Gasteiger partial charge in [0.1, 0.15) is 38.0 Å². The minimum Gasteiger partial charge on any atom is -0.432 e. The number of rotatable bonds is 24. The molecule has 1 aliphatic heterocycles. The van der Waals surface area contributed by atoms with Crippen molar-refractivity contribution in [3.8, 4) is 0 Å². The number of nitrogens with zero attached hydrogens (tertiary/aromatic N) is 1. The molecule has 1 aromatic heterocycles. The third kappa shape index (κ3) is 13.2. The van der Waals surface area contributed by atoms with E-state index in [4.69, 9.17) is 56.2 Å². The van der Waals surface area contributed by atoms with Gasteiger partial charge in [0.2, 0.25) is 13.6 Å². The molecule has 1 aromatic rings. The van der Waals surface area contributed by atoms with Gasteiger partial charge in [-0.2, -0.15) is 0 Å². The maximum absolute atomic E-state index is 14.8. The monoisotopic (exact) mass is 732 g/mol. The van der Waals surface area contributed by atoms with Crippen molar-refractivity contribution in [3.63, 3.8) is 0 Å². The van der Waals surface area contributed by atoms with E-state index in [2.05, 4.69) is 0 Å². The van der Waals surface area contributed by atoms with Gasteiger partial charge < -0.3 is 47.4 Å². The summed E-state index contributed by atoms with van der Waals surface area (Å²) in [6.45, 7) is -0.807. The van der Waals surface area contributed by atoms with E-state index in [1.165, 1.54) is 28.1 Å². The zero-order valence-corrected chi connectivity index (χ0v) is 28.4. The lowest BCUT2D eigenvalue weighted by atomic mass is 9.72. The minimum atomic E-state index is -4.94. The summed E-state index contributed by atoms with van der Waals surface area (Å²) in [5.41, 5.74) is -5.09. The highest BCUT2D eigenvalue weighted by atomic mass is 31.2. The van der Waals surface area contributed by atoms with Gasteiger partial charge >= 0.3 is 25.8 Å². The van der Waals surface area contributed by atoms with Crippen LogP contribution in [0.25, 0.3) is 0 Å². The number of phosphoric ester groups is 1. The number of methoxy groups -OCH3 is 2. The number of aromatic nitrogens is 2. The summed E-state index contributed by atoms with van der Waals surface area (Å²) in [6.07, 6.45) is -2.36. The van der Waals surface area contributed by atoms with Crippen molar-refractivity contribution in [2.24, 2.45) is 11.3 Å². The number of ether oxygens (including phenoxy) is 9. The Morgan fingerprint density at radius 2 is 1.43 bits per heavy atom. The number of carbonyl (C=O) groups is 3. The van der Waals surface area contributed by atoms with Crippen molar-refractivity contribution in [2.45, 2.75) is 25.7 Å². The van der Waals surface area contributed by atoms with Crippen LogP contribution in [0.5, 0.6) is 0 Å². The molecule has 22 heteroatoms. The molecular formula is C27H42FN2O18P. The second-order valence-electron chi connectivity index (χ2n) is 10.5. The van der Waals surface area contributed by atoms with E-state index in [-0.39, 0.29) is 39.6 Å². The van der Waals surface area contributed by atoms with Crippen LogP contribution in [-0.4, -0.2) is 128 Å². The SMILES string of the molecule is COCCOCCOC(=O)OCOP(=O)(OCOC(=O)OCCOCCOC)OC[C@@]1(CF)O[C@@H](n2ccc(=O)[nH]c2=O)C(C)(C)[C@@H]1C=O. The highest BCUT2D eigenvalue weighted by Crippen LogP contribution is 2.56. The van der Waals surface area contributed by atoms with Gasteiger partial charge in [-0.15, -0.1) is 0 Å². The van der Waals surface area contributed by atoms with Gasteiger partial charge in [-0.3, -0.25) is 18.9 Å². The molecular weight excluding hydrogens is 690 g/mol. The largest absolute Gasteiger partial charge is 0.510 e. The van der Waals surface area contributed by atoms with Crippen LogP contribution in [0.15, 0.2) is 21.9 Å². The van der Waals surface area contributed by atoms with E-state index in [1.807, 2.05) is 4.98 Å².